The van der Waals surface area contributed by atoms with Gasteiger partial charge in [0.2, 0.25) is 5.82 Å². The molecule has 0 amide bonds. The van der Waals surface area contributed by atoms with Gasteiger partial charge in [-0.2, -0.15) is 0 Å². The third kappa shape index (κ3) is 5.75. The average Bonchev–Trinajstić information content (AvgIpc) is 3.22. The Morgan fingerprint density at radius 3 is 2.90 bits per heavy atom. The molecule has 0 saturated carbocycles. The summed E-state index contributed by atoms with van der Waals surface area (Å²) in [5, 5.41) is 22.9. The molecule has 9 heteroatoms. The molecule has 2 heterocycles. The standard InChI is InChI=1S/C22H32N6O3/c1-4-6-20(21-24-25-26-28(21)10-12-31-3)27(9-5-11-29)15-18-14-17-13-16(2)7-8-19(17)23-22(18)30/h7-8,13-14,20,29H,4-6,9-12,15H2,1-3H3,(H,23,30)/p+1/t20-/m1/s1. The van der Waals surface area contributed by atoms with Crippen molar-refractivity contribution in [3.05, 3.63) is 51.6 Å². The number of hydrogen-bond donors (Lipinski definition) is 3. The normalized spacial score (nSPS) is 13.5. The van der Waals surface area contributed by atoms with E-state index >= 15 is 0 Å². The first-order valence-corrected chi connectivity index (χ1v) is 10.9. The molecule has 31 heavy (non-hydrogen) atoms. The van der Waals surface area contributed by atoms with Crippen molar-refractivity contribution in [3.8, 4) is 0 Å². The van der Waals surface area contributed by atoms with Crippen molar-refractivity contribution in [2.75, 3.05) is 26.9 Å². The summed E-state index contributed by atoms with van der Waals surface area (Å²) in [5.41, 5.74) is 2.64. The molecule has 0 aliphatic rings. The topological polar surface area (TPSA) is 110 Å². The molecule has 3 N–H and O–H groups in total. The molecule has 0 radical (unpaired) electrons. The number of methoxy groups -OCH3 is 1. The van der Waals surface area contributed by atoms with Gasteiger partial charge in [0.05, 0.1) is 25.3 Å². The zero-order valence-electron chi connectivity index (χ0n) is 18.6. The van der Waals surface area contributed by atoms with Gasteiger partial charge in [0.25, 0.3) is 5.56 Å². The van der Waals surface area contributed by atoms with Crippen LogP contribution < -0.4 is 10.5 Å². The van der Waals surface area contributed by atoms with Gasteiger partial charge in [0, 0.05) is 32.1 Å². The highest BCUT2D eigenvalue weighted by Crippen LogP contribution is 2.15. The number of H-pyrrole nitrogens is 1. The number of fused-ring (bicyclic) bond motifs is 1. The highest BCUT2D eigenvalue weighted by molar-refractivity contribution is 5.79. The summed E-state index contributed by atoms with van der Waals surface area (Å²) >= 11 is 0. The van der Waals surface area contributed by atoms with Crippen LogP contribution in [-0.4, -0.2) is 57.2 Å². The van der Waals surface area contributed by atoms with E-state index in [0.29, 0.717) is 32.7 Å². The third-order valence-electron chi connectivity index (χ3n) is 5.60. The van der Waals surface area contributed by atoms with Gasteiger partial charge in [-0.1, -0.05) is 25.0 Å². The number of aromatic nitrogens is 5. The minimum Gasteiger partial charge on any atom is -0.396 e. The number of benzene rings is 1. The minimum atomic E-state index is -0.0768. The second-order valence-electron chi connectivity index (χ2n) is 7.97. The molecule has 0 fully saturated rings. The Morgan fingerprint density at radius 1 is 1.32 bits per heavy atom. The van der Waals surface area contributed by atoms with Crippen LogP contribution in [0.5, 0.6) is 0 Å². The van der Waals surface area contributed by atoms with E-state index in [-0.39, 0.29) is 18.2 Å². The maximum Gasteiger partial charge on any atom is 0.257 e. The van der Waals surface area contributed by atoms with Crippen molar-refractivity contribution in [2.45, 2.75) is 52.2 Å². The van der Waals surface area contributed by atoms with Gasteiger partial charge < -0.3 is 19.7 Å². The third-order valence-corrected chi connectivity index (χ3v) is 5.60. The summed E-state index contributed by atoms with van der Waals surface area (Å²) in [6.45, 7) is 6.61. The fourth-order valence-corrected chi connectivity index (χ4v) is 4.04. The first kappa shape index (κ1) is 23.1. The van der Waals surface area contributed by atoms with Crippen molar-refractivity contribution < 1.29 is 14.7 Å². The number of pyridine rings is 1. The van der Waals surface area contributed by atoms with Gasteiger partial charge in [-0.05, 0) is 40.9 Å². The number of quaternary nitrogens is 1. The quantitative estimate of drug-likeness (QED) is 0.392. The van der Waals surface area contributed by atoms with Crippen LogP contribution >= 0.6 is 0 Å². The first-order chi connectivity index (χ1) is 15.1. The zero-order valence-corrected chi connectivity index (χ0v) is 18.6. The van der Waals surface area contributed by atoms with Crippen LogP contribution in [0.25, 0.3) is 10.9 Å². The van der Waals surface area contributed by atoms with E-state index in [2.05, 4.69) is 33.5 Å². The van der Waals surface area contributed by atoms with Crippen molar-refractivity contribution in [3.63, 3.8) is 0 Å². The van der Waals surface area contributed by atoms with Gasteiger partial charge in [-0.3, -0.25) is 4.79 Å². The van der Waals surface area contributed by atoms with Gasteiger partial charge in [-0.15, -0.1) is 5.10 Å². The molecule has 1 aromatic carbocycles. The van der Waals surface area contributed by atoms with E-state index < -0.39 is 0 Å². The van der Waals surface area contributed by atoms with E-state index in [9.17, 15) is 9.90 Å². The molecular weight excluding hydrogens is 396 g/mol. The first-order valence-electron chi connectivity index (χ1n) is 10.9. The molecule has 2 aromatic heterocycles. The number of hydrogen-bond acceptors (Lipinski definition) is 6. The van der Waals surface area contributed by atoms with Crippen LogP contribution in [-0.2, 0) is 17.8 Å². The summed E-state index contributed by atoms with van der Waals surface area (Å²) < 4.78 is 6.98. The number of ether oxygens (including phenoxy) is 1. The van der Waals surface area contributed by atoms with Crippen molar-refractivity contribution >= 4 is 10.9 Å². The van der Waals surface area contributed by atoms with Gasteiger partial charge >= 0.3 is 0 Å². The Bertz CT molecular complexity index is 1030. The van der Waals surface area contributed by atoms with Crippen LogP contribution in [0.1, 0.15) is 49.2 Å². The van der Waals surface area contributed by atoms with Crippen LogP contribution in [0.2, 0.25) is 0 Å². The number of rotatable bonds is 12. The molecular formula is C22H33N6O3+. The molecule has 0 saturated heterocycles. The van der Waals surface area contributed by atoms with Crippen LogP contribution in [0.15, 0.2) is 29.1 Å². The lowest BCUT2D eigenvalue weighted by Crippen LogP contribution is -3.11. The van der Waals surface area contributed by atoms with E-state index in [1.54, 1.807) is 11.8 Å². The van der Waals surface area contributed by atoms with Gasteiger partial charge in [0.1, 0.15) is 12.6 Å². The van der Waals surface area contributed by atoms with E-state index in [1.807, 2.05) is 25.1 Å². The van der Waals surface area contributed by atoms with Crippen molar-refractivity contribution in [1.29, 1.82) is 0 Å². The molecule has 1 unspecified atom stereocenters. The second kappa shape index (κ2) is 11.1. The van der Waals surface area contributed by atoms with Crippen LogP contribution in [0, 0.1) is 6.92 Å². The number of aryl methyl sites for hydroxylation is 1. The number of nitrogens with one attached hydrogen (secondary N) is 2. The molecule has 0 aliphatic carbocycles. The summed E-state index contributed by atoms with van der Waals surface area (Å²) in [7, 11) is 1.65. The Morgan fingerprint density at radius 2 is 2.16 bits per heavy atom. The fraction of sp³-hybridized carbons (Fsp3) is 0.545. The molecule has 2 atom stereocenters. The SMILES string of the molecule is CCC[C@H](c1nnnn1CCOC)[NH+](CCCO)Cc1cc2cc(C)ccc2[nH]c1=O. The molecule has 9 nitrogen and oxygen atoms in total. The fourth-order valence-electron chi connectivity index (χ4n) is 4.04. The minimum absolute atomic E-state index is 0.0102. The summed E-state index contributed by atoms with van der Waals surface area (Å²) in [6, 6.07) is 8.01. The lowest BCUT2D eigenvalue weighted by Gasteiger charge is -2.27. The maximum absolute atomic E-state index is 12.8. The maximum atomic E-state index is 12.8. The Balaban J connectivity index is 1.96. The molecule has 3 aromatic rings. The number of tetrazole rings is 1. The Kier molecular flexibility index (Phi) is 8.27. The summed E-state index contributed by atoms with van der Waals surface area (Å²) in [4.78, 5) is 17.0. The average molecular weight is 430 g/mol. The largest absolute Gasteiger partial charge is 0.396 e. The second-order valence-corrected chi connectivity index (χ2v) is 7.97. The van der Waals surface area contributed by atoms with Crippen LogP contribution in [0.4, 0.5) is 0 Å². The number of aliphatic hydroxyl groups excluding tert-OH is 1. The molecule has 0 bridgehead atoms. The van der Waals surface area contributed by atoms with Gasteiger partial charge in [0.15, 0.2) is 0 Å². The summed E-state index contributed by atoms with van der Waals surface area (Å²) in [6.07, 6.45) is 2.47. The van der Waals surface area contributed by atoms with E-state index in [1.165, 1.54) is 4.90 Å². The predicted octanol–water partition coefficient (Wildman–Crippen LogP) is 0.778. The van der Waals surface area contributed by atoms with Crippen molar-refractivity contribution in [2.24, 2.45) is 0 Å². The lowest BCUT2D eigenvalue weighted by atomic mass is 10.1. The highest BCUT2D eigenvalue weighted by atomic mass is 16.5. The smallest absolute Gasteiger partial charge is 0.257 e. The number of aromatic amines is 1. The molecule has 3 rings (SSSR count). The summed E-state index contributed by atoms with van der Waals surface area (Å²) in [5.74, 6) is 0.792. The van der Waals surface area contributed by atoms with Crippen LogP contribution in [0.3, 0.4) is 0 Å². The number of aliphatic hydroxyl groups is 1. The molecule has 0 aliphatic heterocycles. The predicted molar refractivity (Wildman–Crippen MR) is 118 cm³/mol. The number of nitrogens with zero attached hydrogens (tertiary/aromatic N) is 4. The van der Waals surface area contributed by atoms with Crippen molar-refractivity contribution in [1.82, 2.24) is 25.2 Å². The highest BCUT2D eigenvalue weighted by Gasteiger charge is 2.29. The van der Waals surface area contributed by atoms with E-state index in [0.717, 1.165) is 40.7 Å². The monoisotopic (exact) mass is 429 g/mol. The Hall–Kier alpha value is -2.62. The molecule has 168 valence electrons. The zero-order chi connectivity index (χ0) is 22.2. The lowest BCUT2D eigenvalue weighted by molar-refractivity contribution is -0.946. The Labute approximate surface area is 182 Å². The van der Waals surface area contributed by atoms with Gasteiger partial charge in [-0.25, -0.2) is 4.68 Å². The molecule has 0 spiro atoms. The van der Waals surface area contributed by atoms with E-state index in [4.69, 9.17) is 4.74 Å².